The Bertz CT molecular complexity index is 904. The van der Waals surface area contributed by atoms with Gasteiger partial charge in [-0.1, -0.05) is 24.3 Å². The van der Waals surface area contributed by atoms with Gasteiger partial charge in [0.2, 0.25) is 0 Å². The summed E-state index contributed by atoms with van der Waals surface area (Å²) in [7, 11) is 0. The number of rotatable bonds is 4. The Hall–Kier alpha value is -2.73. The summed E-state index contributed by atoms with van der Waals surface area (Å²) in [4.78, 5) is 0. The highest BCUT2D eigenvalue weighted by Gasteiger charge is 2.05. The minimum atomic E-state index is -0.237. The molecule has 0 spiro atoms. The van der Waals surface area contributed by atoms with Crippen LogP contribution in [0.3, 0.4) is 0 Å². The first-order chi connectivity index (χ1) is 12.0. The van der Waals surface area contributed by atoms with Gasteiger partial charge < -0.3 is 10.6 Å². The van der Waals surface area contributed by atoms with Crippen LogP contribution in [0.1, 0.15) is 16.7 Å². The second-order valence-electron chi connectivity index (χ2n) is 5.90. The first kappa shape index (κ1) is 17.1. The zero-order valence-corrected chi connectivity index (χ0v) is 14.9. The maximum atomic E-state index is 13.7. The first-order valence-electron chi connectivity index (χ1n) is 7.92. The molecule has 0 aliphatic heterocycles. The van der Waals surface area contributed by atoms with Gasteiger partial charge >= 0.3 is 0 Å². The number of aromatic nitrogens is 2. The van der Waals surface area contributed by atoms with Crippen LogP contribution in [0.2, 0.25) is 0 Å². The molecule has 0 bridgehead atoms. The minimum absolute atomic E-state index is 0.237. The smallest absolute Gasteiger partial charge is 0.175 e. The molecule has 0 aliphatic rings. The molecule has 0 aliphatic carbocycles. The van der Waals surface area contributed by atoms with Crippen LogP contribution >= 0.6 is 12.2 Å². The second-order valence-corrected chi connectivity index (χ2v) is 6.30. The van der Waals surface area contributed by atoms with Gasteiger partial charge in [0.05, 0.1) is 18.4 Å². The van der Waals surface area contributed by atoms with Crippen molar-refractivity contribution in [2.75, 3.05) is 10.6 Å². The van der Waals surface area contributed by atoms with E-state index in [0.717, 1.165) is 11.4 Å². The van der Waals surface area contributed by atoms with E-state index in [-0.39, 0.29) is 5.82 Å². The van der Waals surface area contributed by atoms with Crippen LogP contribution in [0.15, 0.2) is 54.9 Å². The van der Waals surface area contributed by atoms with Crippen molar-refractivity contribution < 1.29 is 4.39 Å². The number of nitrogens with one attached hydrogen (secondary N) is 2. The maximum absolute atomic E-state index is 13.7. The van der Waals surface area contributed by atoms with Gasteiger partial charge in [0, 0.05) is 17.4 Å². The Morgan fingerprint density at radius 1 is 1.08 bits per heavy atom. The third-order valence-corrected chi connectivity index (χ3v) is 4.15. The van der Waals surface area contributed by atoms with Crippen LogP contribution in [0.25, 0.3) is 0 Å². The van der Waals surface area contributed by atoms with Crippen LogP contribution < -0.4 is 10.6 Å². The molecule has 2 N–H and O–H groups in total. The molecule has 1 heterocycles. The molecule has 25 heavy (non-hydrogen) atoms. The summed E-state index contributed by atoms with van der Waals surface area (Å²) in [6.07, 6.45) is 3.45. The van der Waals surface area contributed by atoms with Crippen molar-refractivity contribution in [3.63, 3.8) is 0 Å². The Morgan fingerprint density at radius 3 is 2.60 bits per heavy atom. The summed E-state index contributed by atoms with van der Waals surface area (Å²) < 4.78 is 15.4. The summed E-state index contributed by atoms with van der Waals surface area (Å²) >= 11 is 5.33. The van der Waals surface area contributed by atoms with E-state index in [1.54, 1.807) is 29.2 Å². The van der Waals surface area contributed by atoms with E-state index < -0.39 is 0 Å². The van der Waals surface area contributed by atoms with Gasteiger partial charge in [0.25, 0.3) is 0 Å². The second kappa shape index (κ2) is 7.44. The largest absolute Gasteiger partial charge is 0.332 e. The lowest BCUT2D eigenvalue weighted by atomic mass is 10.1. The van der Waals surface area contributed by atoms with Crippen molar-refractivity contribution in [1.29, 1.82) is 0 Å². The lowest BCUT2D eigenvalue weighted by Crippen LogP contribution is -2.18. The predicted octanol–water partition coefficient (Wildman–Crippen LogP) is 4.50. The molecule has 0 unspecified atom stereocenters. The summed E-state index contributed by atoms with van der Waals surface area (Å²) in [6, 6.07) is 12.8. The maximum Gasteiger partial charge on any atom is 0.175 e. The first-order valence-corrected chi connectivity index (χ1v) is 8.33. The van der Waals surface area contributed by atoms with E-state index in [0.29, 0.717) is 17.2 Å². The van der Waals surface area contributed by atoms with E-state index in [9.17, 15) is 4.39 Å². The van der Waals surface area contributed by atoms with Gasteiger partial charge in [-0.2, -0.15) is 5.10 Å². The lowest BCUT2D eigenvalue weighted by molar-refractivity contribution is 0.585. The molecule has 4 nitrogen and oxygen atoms in total. The molecule has 3 aromatic rings. The van der Waals surface area contributed by atoms with Crippen LogP contribution in [-0.2, 0) is 6.54 Å². The molecule has 1 aromatic heterocycles. The van der Waals surface area contributed by atoms with E-state index >= 15 is 0 Å². The fourth-order valence-corrected chi connectivity index (χ4v) is 2.66. The minimum Gasteiger partial charge on any atom is -0.332 e. The van der Waals surface area contributed by atoms with Crippen LogP contribution in [0, 0.1) is 19.7 Å². The lowest BCUT2D eigenvalue weighted by Gasteiger charge is -2.10. The summed E-state index contributed by atoms with van der Waals surface area (Å²) in [5.74, 6) is -0.237. The summed E-state index contributed by atoms with van der Waals surface area (Å²) in [5, 5.41) is 11.0. The fraction of sp³-hybridized carbons (Fsp3) is 0.158. The number of hydrogen-bond donors (Lipinski definition) is 2. The van der Waals surface area contributed by atoms with Gasteiger partial charge in [-0.25, -0.2) is 4.39 Å². The van der Waals surface area contributed by atoms with E-state index in [2.05, 4.69) is 29.6 Å². The molecule has 0 saturated heterocycles. The fourth-order valence-electron chi connectivity index (χ4n) is 2.43. The van der Waals surface area contributed by atoms with Crippen LogP contribution in [-0.4, -0.2) is 14.9 Å². The third kappa shape index (κ3) is 4.42. The molecule has 0 saturated carbocycles. The Morgan fingerprint density at radius 2 is 1.84 bits per heavy atom. The molecule has 0 radical (unpaired) electrons. The van der Waals surface area contributed by atoms with Gasteiger partial charge in [-0.05, 0) is 55.4 Å². The molecule has 0 fully saturated rings. The Balaban J connectivity index is 1.61. The molecule has 128 valence electrons. The molecule has 3 rings (SSSR count). The van der Waals surface area contributed by atoms with Crippen molar-refractivity contribution in [3.05, 3.63) is 77.4 Å². The van der Waals surface area contributed by atoms with E-state index in [1.807, 2.05) is 24.3 Å². The van der Waals surface area contributed by atoms with Crippen molar-refractivity contribution in [2.45, 2.75) is 20.4 Å². The van der Waals surface area contributed by atoms with Gasteiger partial charge in [-0.3, -0.25) is 4.68 Å². The summed E-state index contributed by atoms with van der Waals surface area (Å²) in [6.45, 7) is 4.50. The molecule has 6 heteroatoms. The zero-order valence-electron chi connectivity index (χ0n) is 14.1. The van der Waals surface area contributed by atoms with Crippen molar-refractivity contribution in [3.8, 4) is 0 Å². The van der Waals surface area contributed by atoms with E-state index in [4.69, 9.17) is 12.2 Å². The number of thiocarbonyl (C=S) groups is 1. The quantitative estimate of drug-likeness (QED) is 0.677. The van der Waals surface area contributed by atoms with Crippen LogP contribution in [0.4, 0.5) is 15.8 Å². The number of halogens is 1. The van der Waals surface area contributed by atoms with Gasteiger partial charge in [0.15, 0.2) is 5.11 Å². The highest BCUT2D eigenvalue weighted by atomic mass is 32.1. The SMILES string of the molecule is Cc1ccc(NC(=S)Nc2cnn(Cc3ccccc3F)c2)cc1C. The highest BCUT2D eigenvalue weighted by Crippen LogP contribution is 2.15. The number of benzene rings is 2. The van der Waals surface area contributed by atoms with E-state index in [1.165, 1.54) is 17.2 Å². The molecule has 0 atom stereocenters. The molecule has 0 amide bonds. The predicted molar refractivity (Wildman–Crippen MR) is 103 cm³/mol. The van der Waals surface area contributed by atoms with Gasteiger partial charge in [-0.15, -0.1) is 0 Å². The number of aryl methyl sites for hydroxylation is 2. The Labute approximate surface area is 151 Å². The normalized spacial score (nSPS) is 10.5. The van der Waals surface area contributed by atoms with Crippen molar-refractivity contribution >= 4 is 28.7 Å². The molecular formula is C19H19FN4S. The van der Waals surface area contributed by atoms with Crippen molar-refractivity contribution in [2.24, 2.45) is 0 Å². The monoisotopic (exact) mass is 354 g/mol. The third-order valence-electron chi connectivity index (χ3n) is 3.95. The average molecular weight is 354 g/mol. The summed E-state index contributed by atoms with van der Waals surface area (Å²) in [5.41, 5.74) is 4.70. The van der Waals surface area contributed by atoms with Crippen LogP contribution in [0.5, 0.6) is 0 Å². The van der Waals surface area contributed by atoms with Gasteiger partial charge in [0.1, 0.15) is 5.82 Å². The highest BCUT2D eigenvalue weighted by molar-refractivity contribution is 7.80. The number of nitrogens with zero attached hydrogens (tertiary/aromatic N) is 2. The Kier molecular flexibility index (Phi) is 5.09. The topological polar surface area (TPSA) is 41.9 Å². The number of hydrogen-bond acceptors (Lipinski definition) is 2. The average Bonchev–Trinajstić information content (AvgIpc) is 3.00. The number of anilines is 2. The standard InChI is InChI=1S/C19H19FN4S/c1-13-7-8-16(9-14(13)2)22-19(25)23-17-10-21-24(12-17)11-15-5-3-4-6-18(15)20/h3-10,12H,11H2,1-2H3,(H2,22,23,25). The van der Waals surface area contributed by atoms with Crippen molar-refractivity contribution in [1.82, 2.24) is 9.78 Å². The molecular weight excluding hydrogens is 335 g/mol. The molecule has 2 aromatic carbocycles. The zero-order chi connectivity index (χ0) is 17.8.